The first kappa shape index (κ1) is 30.3. The van der Waals surface area contributed by atoms with E-state index < -0.39 is 0 Å². The summed E-state index contributed by atoms with van der Waals surface area (Å²) in [5, 5.41) is 0. The zero-order valence-corrected chi connectivity index (χ0v) is 29.9. The molecule has 6 aliphatic rings. The van der Waals surface area contributed by atoms with Gasteiger partial charge in [-0.25, -0.2) is 4.85 Å². The summed E-state index contributed by atoms with van der Waals surface area (Å²) in [4.78, 5) is 6.40. The van der Waals surface area contributed by atoms with E-state index in [2.05, 4.69) is 157 Å². The Hall–Kier alpha value is -5.39. The maximum Gasteiger partial charge on any atom is 0.187 e. The van der Waals surface area contributed by atoms with Crippen LogP contribution in [0, 0.1) is 30.2 Å². The second-order valence-electron chi connectivity index (χ2n) is 16.9. The van der Waals surface area contributed by atoms with Gasteiger partial charge >= 0.3 is 0 Å². The second-order valence-corrected chi connectivity index (χ2v) is 16.9. The van der Waals surface area contributed by atoms with Crippen molar-refractivity contribution >= 4 is 22.7 Å². The zero-order chi connectivity index (χ0) is 34.8. The first-order valence-corrected chi connectivity index (χ1v) is 19.3. The fourth-order valence-electron chi connectivity index (χ4n) is 12.1. The Balaban J connectivity index is 1.10. The molecule has 4 fully saturated rings. The number of nitrogens with zero attached hydrogens (tertiary/aromatic N) is 2. The van der Waals surface area contributed by atoms with Crippen LogP contribution in [-0.2, 0) is 10.8 Å². The molecule has 6 aromatic rings. The normalized spacial score (nSPS) is 24.9. The summed E-state index contributed by atoms with van der Waals surface area (Å²) in [6.45, 7) is 12.7. The molecule has 0 atom stereocenters. The van der Waals surface area contributed by atoms with Crippen LogP contribution >= 0.6 is 0 Å². The van der Waals surface area contributed by atoms with Gasteiger partial charge in [-0.05, 0) is 154 Å². The predicted molar refractivity (Wildman–Crippen MR) is 214 cm³/mol. The van der Waals surface area contributed by atoms with Crippen LogP contribution in [-0.4, -0.2) is 0 Å². The van der Waals surface area contributed by atoms with Crippen LogP contribution in [0.5, 0.6) is 0 Å². The van der Waals surface area contributed by atoms with E-state index in [4.69, 9.17) is 6.57 Å². The Bertz CT molecular complexity index is 2430. The van der Waals surface area contributed by atoms with Crippen LogP contribution in [0.1, 0.15) is 68.2 Å². The van der Waals surface area contributed by atoms with Crippen molar-refractivity contribution in [2.75, 3.05) is 4.90 Å². The molecular weight excluding hydrogens is 629 g/mol. The molecule has 12 rings (SSSR count). The molecule has 252 valence electrons. The molecule has 1 spiro atoms. The molecule has 0 aliphatic heterocycles. The van der Waals surface area contributed by atoms with Crippen LogP contribution in [0.4, 0.5) is 22.7 Å². The average molecular weight is 671 g/mol. The first-order chi connectivity index (χ1) is 25.4. The van der Waals surface area contributed by atoms with Gasteiger partial charge in [0, 0.05) is 27.9 Å². The molecule has 52 heavy (non-hydrogen) atoms. The van der Waals surface area contributed by atoms with E-state index in [1.807, 2.05) is 0 Å². The highest BCUT2D eigenvalue weighted by Gasteiger charge is 2.61. The second kappa shape index (κ2) is 10.8. The minimum absolute atomic E-state index is 0.0721. The Kier molecular flexibility index (Phi) is 6.29. The number of hydrogen-bond acceptors (Lipinski definition) is 1. The molecular formula is C50H42N2. The molecule has 0 N–H and O–H groups in total. The molecule has 0 saturated heterocycles. The fourth-order valence-corrected chi connectivity index (χ4v) is 12.1. The van der Waals surface area contributed by atoms with E-state index in [0.29, 0.717) is 11.8 Å². The van der Waals surface area contributed by atoms with Gasteiger partial charge in [-0.15, -0.1) is 0 Å². The van der Waals surface area contributed by atoms with Crippen molar-refractivity contribution in [1.29, 1.82) is 0 Å². The molecule has 0 radical (unpaired) electrons. The molecule has 2 heteroatoms. The third kappa shape index (κ3) is 4.06. The van der Waals surface area contributed by atoms with Crippen molar-refractivity contribution in [3.63, 3.8) is 0 Å². The Morgan fingerprint density at radius 2 is 1.08 bits per heavy atom. The minimum Gasteiger partial charge on any atom is -0.310 e. The van der Waals surface area contributed by atoms with Crippen molar-refractivity contribution in [3.05, 3.63) is 167 Å². The maximum absolute atomic E-state index is 7.96. The summed E-state index contributed by atoms with van der Waals surface area (Å²) in [5.74, 6) is 3.17. The molecule has 4 saturated carbocycles. The van der Waals surface area contributed by atoms with Gasteiger partial charge in [0.25, 0.3) is 0 Å². The van der Waals surface area contributed by atoms with Crippen molar-refractivity contribution in [3.8, 4) is 33.4 Å². The summed E-state index contributed by atoms with van der Waals surface area (Å²) in [5.41, 5.74) is 17.7. The summed E-state index contributed by atoms with van der Waals surface area (Å²) in [6.07, 6.45) is 6.85. The van der Waals surface area contributed by atoms with E-state index in [1.165, 1.54) is 99.1 Å². The number of rotatable bonds is 4. The van der Waals surface area contributed by atoms with E-state index in [1.54, 1.807) is 0 Å². The predicted octanol–water partition coefficient (Wildman–Crippen LogP) is 13.4. The number of anilines is 3. The van der Waals surface area contributed by atoms with Crippen LogP contribution < -0.4 is 4.90 Å². The molecule has 4 bridgehead atoms. The number of hydrogen-bond donors (Lipinski definition) is 0. The van der Waals surface area contributed by atoms with E-state index in [9.17, 15) is 0 Å². The van der Waals surface area contributed by atoms with Gasteiger partial charge < -0.3 is 4.90 Å². The summed E-state index contributed by atoms with van der Waals surface area (Å²) in [7, 11) is 0. The van der Waals surface area contributed by atoms with Crippen LogP contribution in [0.3, 0.4) is 0 Å². The lowest BCUT2D eigenvalue weighted by Gasteiger charge is -2.61. The minimum atomic E-state index is -0.0936. The van der Waals surface area contributed by atoms with Crippen molar-refractivity contribution in [2.45, 2.75) is 56.8 Å². The summed E-state index contributed by atoms with van der Waals surface area (Å²) < 4.78 is 0. The van der Waals surface area contributed by atoms with Crippen LogP contribution in [0.15, 0.2) is 133 Å². The van der Waals surface area contributed by atoms with Crippen molar-refractivity contribution in [1.82, 2.24) is 0 Å². The van der Waals surface area contributed by atoms with E-state index in [0.717, 1.165) is 23.2 Å². The van der Waals surface area contributed by atoms with E-state index >= 15 is 0 Å². The van der Waals surface area contributed by atoms with Gasteiger partial charge in [-0.1, -0.05) is 105 Å². The third-order valence-corrected chi connectivity index (χ3v) is 14.1. The lowest BCUT2D eigenvalue weighted by molar-refractivity contribution is -0.0399. The molecule has 0 amide bonds. The van der Waals surface area contributed by atoms with Gasteiger partial charge in [0.15, 0.2) is 5.69 Å². The Morgan fingerprint density at radius 1 is 0.500 bits per heavy atom. The number of fused-ring (bicyclic) bond motifs is 6. The van der Waals surface area contributed by atoms with Gasteiger partial charge in [-0.2, -0.15) is 0 Å². The van der Waals surface area contributed by atoms with Gasteiger partial charge in [0.1, 0.15) is 0 Å². The average Bonchev–Trinajstić information content (AvgIpc) is 3.59. The smallest absolute Gasteiger partial charge is 0.187 e. The standard InChI is InChI=1S/C50H42N2/c1-49(2)45-12-8-7-11-41(45)42-20-18-40(30-48(42)49)52(38-16-13-34(14-17-38)33-9-5-4-6-10-33)39-19-22-47-44(29-39)43-28-37(51-3)15-21-46(43)50(47)35-24-31-23-32(26-35)27-36(50)25-31/h4-22,28-32,35-36H,23-27H2,1-2H3. The molecule has 6 aromatic carbocycles. The number of benzene rings is 6. The summed E-state index contributed by atoms with van der Waals surface area (Å²) in [6, 6.07) is 49.8. The van der Waals surface area contributed by atoms with E-state index in [-0.39, 0.29) is 10.8 Å². The van der Waals surface area contributed by atoms with Crippen LogP contribution in [0.2, 0.25) is 0 Å². The largest absolute Gasteiger partial charge is 0.310 e. The van der Waals surface area contributed by atoms with Crippen LogP contribution in [0.25, 0.3) is 38.2 Å². The van der Waals surface area contributed by atoms with Gasteiger partial charge in [0.2, 0.25) is 0 Å². The topological polar surface area (TPSA) is 7.60 Å². The molecule has 0 unspecified atom stereocenters. The fraction of sp³-hybridized carbons (Fsp3) is 0.260. The highest BCUT2D eigenvalue weighted by molar-refractivity contribution is 5.90. The maximum atomic E-state index is 7.96. The Morgan fingerprint density at radius 3 is 1.81 bits per heavy atom. The van der Waals surface area contributed by atoms with Crippen molar-refractivity contribution in [2.24, 2.45) is 23.7 Å². The van der Waals surface area contributed by atoms with Gasteiger partial charge in [0.05, 0.1) is 6.57 Å². The summed E-state index contributed by atoms with van der Waals surface area (Å²) >= 11 is 0. The quantitative estimate of drug-likeness (QED) is 0.169. The monoisotopic (exact) mass is 670 g/mol. The lowest BCUT2D eigenvalue weighted by Crippen LogP contribution is -2.55. The zero-order valence-electron chi connectivity index (χ0n) is 29.9. The highest BCUT2D eigenvalue weighted by atomic mass is 15.1. The van der Waals surface area contributed by atoms with Crippen molar-refractivity contribution < 1.29 is 0 Å². The molecule has 2 nitrogen and oxygen atoms in total. The first-order valence-electron chi connectivity index (χ1n) is 19.3. The molecule has 0 heterocycles. The molecule has 6 aliphatic carbocycles. The SMILES string of the molecule is [C-]#[N+]c1ccc2c(c1)-c1cc(N(c3ccc(-c4ccccc4)cc3)c3ccc4c(c3)C(C)(C)c3ccccc3-4)ccc1C21C2CC3CC(C2)CC1C3. The Labute approximate surface area is 307 Å². The third-order valence-electron chi connectivity index (χ3n) is 14.1. The van der Waals surface area contributed by atoms with Gasteiger partial charge in [-0.3, -0.25) is 0 Å². The lowest BCUT2D eigenvalue weighted by atomic mass is 9.43. The highest BCUT2D eigenvalue weighted by Crippen LogP contribution is 2.70. The molecule has 0 aromatic heterocycles.